The molecule has 0 radical (unpaired) electrons. The zero-order valence-corrected chi connectivity index (χ0v) is 11.8. The minimum absolute atomic E-state index is 0.741. The number of nitrogens with zero attached hydrogens (tertiary/aromatic N) is 1. The van der Waals surface area contributed by atoms with Gasteiger partial charge in [-0.3, -0.25) is 4.99 Å². The van der Waals surface area contributed by atoms with Gasteiger partial charge in [-0.2, -0.15) is 0 Å². The molecule has 2 N–H and O–H groups in total. The summed E-state index contributed by atoms with van der Waals surface area (Å²) in [5.74, 6) is 1.87. The summed E-state index contributed by atoms with van der Waals surface area (Å²) in [6, 6.07) is 6.34. The molecule has 0 atom stereocenters. The third kappa shape index (κ3) is 4.16. The molecule has 0 fully saturated rings. The highest BCUT2D eigenvalue weighted by Gasteiger charge is 2.07. The third-order valence-corrected chi connectivity index (χ3v) is 3.03. The predicted octanol–water partition coefficient (Wildman–Crippen LogP) is 2.22. The molecule has 0 spiro atoms. The average Bonchev–Trinajstić information content (AvgIpc) is 2.45. The van der Waals surface area contributed by atoms with Crippen LogP contribution in [0.2, 0.25) is 0 Å². The van der Waals surface area contributed by atoms with Gasteiger partial charge in [-0.25, -0.2) is 0 Å². The summed E-state index contributed by atoms with van der Waals surface area (Å²) in [4.78, 5) is 4.41. The molecule has 0 bridgehead atoms. The third-order valence-electron chi connectivity index (χ3n) is 3.03. The fourth-order valence-corrected chi connectivity index (χ4v) is 1.98. The number of aryl methyl sites for hydroxylation is 1. The van der Waals surface area contributed by atoms with Gasteiger partial charge in [-0.05, 0) is 31.4 Å². The van der Waals surface area contributed by atoms with E-state index in [4.69, 9.17) is 4.74 Å². The number of benzene rings is 1. The van der Waals surface area contributed by atoms with Crippen molar-refractivity contribution in [3.63, 3.8) is 0 Å². The van der Waals surface area contributed by atoms with Crippen molar-refractivity contribution >= 4 is 5.96 Å². The van der Waals surface area contributed by atoms with Crippen LogP contribution in [0.1, 0.15) is 30.9 Å². The van der Waals surface area contributed by atoms with Gasteiger partial charge in [0.25, 0.3) is 0 Å². The molecule has 2 rings (SSSR count). The quantitative estimate of drug-likeness (QED) is 0.854. The lowest BCUT2D eigenvalue weighted by molar-refractivity contribution is 0.313. The van der Waals surface area contributed by atoms with Crippen LogP contribution in [0.15, 0.2) is 23.2 Å². The van der Waals surface area contributed by atoms with E-state index in [-0.39, 0.29) is 0 Å². The maximum atomic E-state index is 5.81. The van der Waals surface area contributed by atoms with E-state index in [1.54, 1.807) is 0 Å². The molecule has 0 aromatic heterocycles. The van der Waals surface area contributed by atoms with E-state index >= 15 is 0 Å². The Morgan fingerprint density at radius 3 is 3.05 bits per heavy atom. The first-order chi connectivity index (χ1) is 9.29. The molecule has 0 saturated carbocycles. The van der Waals surface area contributed by atoms with Gasteiger partial charge in [0.15, 0.2) is 5.96 Å². The Balaban J connectivity index is 1.99. The van der Waals surface area contributed by atoms with E-state index in [9.17, 15) is 0 Å². The number of hydrogen-bond acceptors (Lipinski definition) is 4. The molecule has 4 heteroatoms. The van der Waals surface area contributed by atoms with Crippen molar-refractivity contribution < 1.29 is 4.74 Å². The van der Waals surface area contributed by atoms with Gasteiger partial charge in [0.2, 0.25) is 0 Å². The molecular formula is C15H23N3O. The van der Waals surface area contributed by atoms with E-state index in [2.05, 4.69) is 47.7 Å². The van der Waals surface area contributed by atoms with Gasteiger partial charge in [0.1, 0.15) is 5.75 Å². The first-order valence-corrected chi connectivity index (χ1v) is 7.04. The Morgan fingerprint density at radius 2 is 2.32 bits per heavy atom. The van der Waals surface area contributed by atoms with E-state index < -0.39 is 0 Å². The van der Waals surface area contributed by atoms with Crippen LogP contribution in [0.4, 0.5) is 0 Å². The number of guanidine groups is 1. The molecule has 1 aromatic rings. The molecule has 19 heavy (non-hydrogen) atoms. The summed E-state index contributed by atoms with van der Waals surface area (Å²) in [5, 5.41) is 6.59. The maximum absolute atomic E-state index is 5.81. The number of hydrogen-bond donors (Lipinski definition) is 2. The van der Waals surface area contributed by atoms with Crippen molar-refractivity contribution in [2.24, 2.45) is 4.99 Å². The molecule has 0 amide bonds. The van der Waals surface area contributed by atoms with Crippen LogP contribution in [-0.2, 0) is 6.54 Å². The Labute approximate surface area is 115 Å². The second-order valence-corrected chi connectivity index (χ2v) is 4.82. The van der Waals surface area contributed by atoms with Crippen LogP contribution >= 0.6 is 0 Å². The lowest BCUT2D eigenvalue weighted by Gasteiger charge is -2.17. The molecule has 4 nitrogen and oxygen atoms in total. The topological polar surface area (TPSA) is 45.6 Å². The molecular weight excluding hydrogens is 238 g/mol. The van der Waals surface area contributed by atoms with Crippen molar-refractivity contribution in [1.82, 2.24) is 10.6 Å². The highest BCUT2D eigenvalue weighted by Crippen LogP contribution is 2.20. The SMILES string of the molecule is CCCOc1cc(C)ccc1CNC1=NCCCN1. The van der Waals surface area contributed by atoms with Crippen LogP contribution < -0.4 is 15.4 Å². The summed E-state index contributed by atoms with van der Waals surface area (Å²) < 4.78 is 5.81. The zero-order valence-electron chi connectivity index (χ0n) is 11.8. The summed E-state index contributed by atoms with van der Waals surface area (Å²) in [7, 11) is 0. The Kier molecular flexibility index (Phi) is 5.07. The Hall–Kier alpha value is -1.71. The molecule has 104 valence electrons. The fourth-order valence-electron chi connectivity index (χ4n) is 1.98. The Morgan fingerprint density at radius 1 is 1.42 bits per heavy atom. The fraction of sp³-hybridized carbons (Fsp3) is 0.533. The maximum Gasteiger partial charge on any atom is 0.191 e. The zero-order chi connectivity index (χ0) is 13.5. The minimum atomic E-state index is 0.741. The van der Waals surface area contributed by atoms with Gasteiger partial charge in [0.05, 0.1) is 6.61 Å². The number of rotatable bonds is 5. The van der Waals surface area contributed by atoms with Gasteiger partial charge >= 0.3 is 0 Å². The van der Waals surface area contributed by atoms with Crippen LogP contribution in [0.5, 0.6) is 5.75 Å². The standard InChI is InChI=1S/C15H23N3O/c1-3-9-19-14-10-12(2)5-6-13(14)11-18-15-16-7-4-8-17-15/h5-6,10H,3-4,7-9,11H2,1-2H3,(H2,16,17,18). The lowest BCUT2D eigenvalue weighted by atomic mass is 10.1. The molecule has 0 unspecified atom stereocenters. The number of ether oxygens (including phenoxy) is 1. The predicted molar refractivity (Wildman–Crippen MR) is 78.7 cm³/mol. The van der Waals surface area contributed by atoms with Crippen molar-refractivity contribution in [3.05, 3.63) is 29.3 Å². The van der Waals surface area contributed by atoms with Gasteiger partial charge in [0, 0.05) is 25.2 Å². The number of aliphatic imine (C=N–C) groups is 1. The highest BCUT2D eigenvalue weighted by atomic mass is 16.5. The average molecular weight is 261 g/mol. The molecule has 1 aromatic carbocycles. The van der Waals surface area contributed by atoms with Crippen molar-refractivity contribution in [2.75, 3.05) is 19.7 Å². The number of nitrogens with one attached hydrogen (secondary N) is 2. The monoisotopic (exact) mass is 261 g/mol. The highest BCUT2D eigenvalue weighted by molar-refractivity contribution is 5.80. The van der Waals surface area contributed by atoms with Crippen LogP contribution in [0, 0.1) is 6.92 Å². The van der Waals surface area contributed by atoms with Crippen molar-refractivity contribution in [2.45, 2.75) is 33.2 Å². The van der Waals surface area contributed by atoms with Crippen LogP contribution in [0.3, 0.4) is 0 Å². The van der Waals surface area contributed by atoms with Crippen molar-refractivity contribution in [3.8, 4) is 5.75 Å². The molecule has 1 aliphatic heterocycles. The molecule has 0 aliphatic carbocycles. The summed E-state index contributed by atoms with van der Waals surface area (Å²) >= 11 is 0. The minimum Gasteiger partial charge on any atom is -0.493 e. The van der Waals surface area contributed by atoms with Gasteiger partial charge in [-0.15, -0.1) is 0 Å². The van der Waals surface area contributed by atoms with Gasteiger partial charge < -0.3 is 15.4 Å². The normalized spacial score (nSPS) is 14.5. The van der Waals surface area contributed by atoms with E-state index in [1.807, 2.05) is 0 Å². The Bertz CT molecular complexity index is 443. The van der Waals surface area contributed by atoms with E-state index in [1.165, 1.54) is 11.1 Å². The second kappa shape index (κ2) is 7.02. The van der Waals surface area contributed by atoms with E-state index in [0.717, 1.165) is 50.8 Å². The lowest BCUT2D eigenvalue weighted by Crippen LogP contribution is -2.40. The molecule has 1 aliphatic rings. The summed E-state index contributed by atoms with van der Waals surface area (Å²) in [5.41, 5.74) is 2.40. The second-order valence-electron chi connectivity index (χ2n) is 4.82. The van der Waals surface area contributed by atoms with Crippen LogP contribution in [0.25, 0.3) is 0 Å². The summed E-state index contributed by atoms with van der Waals surface area (Å²) in [6.45, 7) is 7.61. The summed E-state index contributed by atoms with van der Waals surface area (Å²) in [6.07, 6.45) is 2.13. The largest absolute Gasteiger partial charge is 0.493 e. The van der Waals surface area contributed by atoms with E-state index in [0.29, 0.717) is 0 Å². The van der Waals surface area contributed by atoms with Crippen LogP contribution in [-0.4, -0.2) is 25.7 Å². The molecule has 1 heterocycles. The molecule has 0 saturated heterocycles. The van der Waals surface area contributed by atoms with Gasteiger partial charge in [-0.1, -0.05) is 19.1 Å². The first kappa shape index (κ1) is 13.7. The smallest absolute Gasteiger partial charge is 0.191 e. The first-order valence-electron chi connectivity index (χ1n) is 7.04. The van der Waals surface area contributed by atoms with Crippen molar-refractivity contribution in [1.29, 1.82) is 0 Å².